The highest BCUT2D eigenvalue weighted by atomic mass is 16.5. The van der Waals surface area contributed by atoms with Crippen molar-refractivity contribution in [3.8, 4) is 5.88 Å². The Kier molecular flexibility index (Phi) is 3.95. The molecule has 0 fully saturated rings. The van der Waals surface area contributed by atoms with Crippen LogP contribution in [0.5, 0.6) is 5.88 Å². The zero-order valence-electron chi connectivity index (χ0n) is 10.8. The van der Waals surface area contributed by atoms with Gasteiger partial charge < -0.3 is 10.5 Å². The number of benzene rings is 1. The number of hydrogen-bond acceptors (Lipinski definition) is 3. The zero-order valence-corrected chi connectivity index (χ0v) is 10.8. The highest BCUT2D eigenvalue weighted by molar-refractivity contribution is 5.33. The maximum Gasteiger partial charge on any atom is 0.218 e. The lowest BCUT2D eigenvalue weighted by Gasteiger charge is -2.17. The first-order chi connectivity index (χ1) is 8.72. The Labute approximate surface area is 108 Å². The Balaban J connectivity index is 2.22. The molecule has 1 unspecified atom stereocenters. The van der Waals surface area contributed by atoms with E-state index in [0.29, 0.717) is 12.4 Å². The van der Waals surface area contributed by atoms with E-state index in [9.17, 15) is 0 Å². The maximum atomic E-state index is 5.91. The minimum atomic E-state index is -0.0363. The Bertz CT molecular complexity index is 511. The highest BCUT2D eigenvalue weighted by Gasteiger charge is 2.12. The molecule has 0 bridgehead atoms. The molecule has 18 heavy (non-hydrogen) atoms. The van der Waals surface area contributed by atoms with Crippen molar-refractivity contribution in [1.82, 2.24) is 4.98 Å². The molecule has 0 saturated heterocycles. The number of ether oxygens (including phenoxy) is 1. The second-order valence-electron chi connectivity index (χ2n) is 4.29. The quantitative estimate of drug-likeness (QED) is 0.896. The average Bonchev–Trinajstić information content (AvgIpc) is 2.40. The largest absolute Gasteiger partial charge is 0.470 e. The van der Waals surface area contributed by atoms with Crippen molar-refractivity contribution in [3.63, 3.8) is 0 Å². The summed E-state index contributed by atoms with van der Waals surface area (Å²) in [5.41, 5.74) is 8.96. The van der Waals surface area contributed by atoms with Crippen molar-refractivity contribution in [1.29, 1.82) is 0 Å². The van der Waals surface area contributed by atoms with Crippen molar-refractivity contribution in [3.05, 3.63) is 59.3 Å². The highest BCUT2D eigenvalue weighted by Crippen LogP contribution is 2.24. The van der Waals surface area contributed by atoms with Crippen molar-refractivity contribution in [2.24, 2.45) is 5.73 Å². The zero-order chi connectivity index (χ0) is 13.0. The molecule has 0 saturated carbocycles. The molecular weight excluding hydrogens is 224 g/mol. The molecule has 0 radical (unpaired) electrons. The van der Waals surface area contributed by atoms with Gasteiger partial charge in [-0.05, 0) is 31.0 Å². The minimum Gasteiger partial charge on any atom is -0.470 e. The first-order valence-electron chi connectivity index (χ1n) is 6.08. The first-order valence-corrected chi connectivity index (χ1v) is 6.08. The summed E-state index contributed by atoms with van der Waals surface area (Å²) in [5.74, 6) is 0.633. The fraction of sp³-hybridized carbons (Fsp3) is 0.267. The topological polar surface area (TPSA) is 48.1 Å². The number of aromatic nitrogens is 1. The first kappa shape index (κ1) is 12.6. The van der Waals surface area contributed by atoms with Gasteiger partial charge in [-0.25, -0.2) is 4.98 Å². The number of pyridine rings is 1. The molecule has 0 aliphatic heterocycles. The second-order valence-corrected chi connectivity index (χ2v) is 4.29. The summed E-state index contributed by atoms with van der Waals surface area (Å²) >= 11 is 0. The number of rotatable bonds is 4. The predicted octanol–water partition coefficient (Wildman–Crippen LogP) is 2.99. The predicted molar refractivity (Wildman–Crippen MR) is 72.4 cm³/mol. The summed E-state index contributed by atoms with van der Waals surface area (Å²) in [7, 11) is 0. The van der Waals surface area contributed by atoms with E-state index in [0.717, 1.165) is 16.7 Å². The molecule has 1 atom stereocenters. The Morgan fingerprint density at radius 1 is 1.22 bits per heavy atom. The molecule has 0 amide bonds. The average molecular weight is 242 g/mol. The van der Waals surface area contributed by atoms with Crippen LogP contribution < -0.4 is 10.5 Å². The van der Waals surface area contributed by atoms with Gasteiger partial charge in [0.05, 0.1) is 0 Å². The number of nitrogens with two attached hydrogens (primary N) is 1. The van der Waals surface area contributed by atoms with E-state index in [2.05, 4.69) is 4.98 Å². The van der Waals surface area contributed by atoms with E-state index in [1.807, 2.05) is 50.2 Å². The third-order valence-corrected chi connectivity index (χ3v) is 3.01. The van der Waals surface area contributed by atoms with Gasteiger partial charge in [0.2, 0.25) is 5.88 Å². The van der Waals surface area contributed by atoms with Crippen LogP contribution in [-0.4, -0.2) is 4.98 Å². The molecule has 3 nitrogen and oxygen atoms in total. The molecule has 2 N–H and O–H groups in total. The molecule has 0 aliphatic rings. The summed E-state index contributed by atoms with van der Waals surface area (Å²) in [6.07, 6.45) is 1.72. The van der Waals surface area contributed by atoms with E-state index < -0.39 is 0 Å². The molecule has 0 spiro atoms. The van der Waals surface area contributed by atoms with Gasteiger partial charge in [-0.3, -0.25) is 0 Å². The SMILES string of the molecule is Cc1ccnc(OC(C)c2ccccc2)c1CN. The van der Waals surface area contributed by atoms with Gasteiger partial charge in [-0.1, -0.05) is 30.3 Å². The van der Waals surface area contributed by atoms with Crippen molar-refractivity contribution >= 4 is 0 Å². The molecule has 2 rings (SSSR count). The second kappa shape index (κ2) is 5.65. The summed E-state index contributed by atoms with van der Waals surface area (Å²) in [4.78, 5) is 4.27. The molecule has 1 heterocycles. The van der Waals surface area contributed by atoms with E-state index in [1.165, 1.54) is 0 Å². The van der Waals surface area contributed by atoms with Crippen LogP contribution in [0.25, 0.3) is 0 Å². The third kappa shape index (κ3) is 2.68. The maximum absolute atomic E-state index is 5.91. The summed E-state index contributed by atoms with van der Waals surface area (Å²) in [6.45, 7) is 4.47. The van der Waals surface area contributed by atoms with Gasteiger partial charge in [0.15, 0.2) is 0 Å². The Morgan fingerprint density at radius 2 is 1.94 bits per heavy atom. The van der Waals surface area contributed by atoms with Crippen LogP contribution in [-0.2, 0) is 6.54 Å². The lowest BCUT2D eigenvalue weighted by atomic mass is 10.1. The molecular formula is C15H18N2O. The van der Waals surface area contributed by atoms with Gasteiger partial charge in [0, 0.05) is 18.3 Å². The molecule has 1 aromatic heterocycles. The summed E-state index contributed by atoms with van der Waals surface area (Å²) in [5, 5.41) is 0. The molecule has 94 valence electrons. The molecule has 1 aromatic carbocycles. The summed E-state index contributed by atoms with van der Waals surface area (Å²) in [6, 6.07) is 12.0. The van der Waals surface area contributed by atoms with Crippen LogP contribution in [0.4, 0.5) is 0 Å². The monoisotopic (exact) mass is 242 g/mol. The van der Waals surface area contributed by atoms with Gasteiger partial charge >= 0.3 is 0 Å². The Morgan fingerprint density at radius 3 is 2.61 bits per heavy atom. The standard InChI is InChI=1S/C15H18N2O/c1-11-8-9-17-15(14(11)10-16)18-12(2)13-6-4-3-5-7-13/h3-9,12H,10,16H2,1-2H3. The smallest absolute Gasteiger partial charge is 0.218 e. The fourth-order valence-electron chi connectivity index (χ4n) is 1.87. The lowest BCUT2D eigenvalue weighted by Crippen LogP contribution is -2.09. The third-order valence-electron chi connectivity index (χ3n) is 3.01. The van der Waals surface area contributed by atoms with Gasteiger partial charge in [-0.15, -0.1) is 0 Å². The molecule has 0 aliphatic carbocycles. The normalized spacial score (nSPS) is 12.2. The molecule has 3 heteroatoms. The van der Waals surface area contributed by atoms with Crippen LogP contribution in [0.1, 0.15) is 29.7 Å². The minimum absolute atomic E-state index is 0.0363. The van der Waals surface area contributed by atoms with Crippen LogP contribution in [0.2, 0.25) is 0 Å². The molecule has 2 aromatic rings. The van der Waals surface area contributed by atoms with Gasteiger partial charge in [0.25, 0.3) is 0 Å². The fourth-order valence-corrected chi connectivity index (χ4v) is 1.87. The van der Waals surface area contributed by atoms with E-state index >= 15 is 0 Å². The van der Waals surface area contributed by atoms with Crippen LogP contribution in [0.15, 0.2) is 42.6 Å². The van der Waals surface area contributed by atoms with Crippen molar-refractivity contribution in [2.45, 2.75) is 26.5 Å². The van der Waals surface area contributed by atoms with Gasteiger partial charge in [0.1, 0.15) is 6.10 Å². The number of hydrogen-bond donors (Lipinski definition) is 1. The van der Waals surface area contributed by atoms with Crippen LogP contribution >= 0.6 is 0 Å². The van der Waals surface area contributed by atoms with E-state index in [4.69, 9.17) is 10.5 Å². The van der Waals surface area contributed by atoms with Crippen molar-refractivity contribution < 1.29 is 4.74 Å². The van der Waals surface area contributed by atoms with E-state index in [-0.39, 0.29) is 6.10 Å². The Hall–Kier alpha value is -1.87. The lowest BCUT2D eigenvalue weighted by molar-refractivity contribution is 0.215. The van der Waals surface area contributed by atoms with E-state index in [1.54, 1.807) is 6.20 Å². The van der Waals surface area contributed by atoms with Crippen LogP contribution in [0.3, 0.4) is 0 Å². The van der Waals surface area contributed by atoms with Crippen LogP contribution in [0, 0.1) is 6.92 Å². The number of aryl methyl sites for hydroxylation is 1. The number of nitrogens with zero attached hydrogens (tertiary/aromatic N) is 1. The summed E-state index contributed by atoms with van der Waals surface area (Å²) < 4.78 is 5.91. The van der Waals surface area contributed by atoms with Gasteiger partial charge in [-0.2, -0.15) is 0 Å². The van der Waals surface area contributed by atoms with Crippen molar-refractivity contribution in [2.75, 3.05) is 0 Å².